The Morgan fingerprint density at radius 3 is 2.44 bits per heavy atom. The van der Waals surface area contributed by atoms with E-state index in [-0.39, 0.29) is 18.3 Å². The molecular weight excluding hydrogens is 283 g/mol. The van der Waals surface area contributed by atoms with Gasteiger partial charge in [0, 0.05) is 11.9 Å². The zero-order valence-corrected chi connectivity index (χ0v) is 11.3. The van der Waals surface area contributed by atoms with E-state index in [2.05, 4.69) is 15.9 Å². The van der Waals surface area contributed by atoms with Crippen molar-refractivity contribution in [1.29, 1.82) is 0 Å². The molecule has 1 aliphatic rings. The van der Waals surface area contributed by atoms with Crippen LogP contribution in [0.15, 0.2) is 0 Å². The van der Waals surface area contributed by atoms with Crippen molar-refractivity contribution in [3.8, 4) is 0 Å². The summed E-state index contributed by atoms with van der Waals surface area (Å²) in [5.41, 5.74) is 0. The summed E-state index contributed by atoms with van der Waals surface area (Å²) in [6.45, 7) is 5.03. The second kappa shape index (κ2) is 5.71. The fraction of sp³-hybridized carbons (Fsp3) is 1.00. The van der Waals surface area contributed by atoms with Gasteiger partial charge in [0.2, 0.25) is 0 Å². The molecule has 0 N–H and O–H groups in total. The van der Waals surface area contributed by atoms with Crippen LogP contribution in [0.25, 0.3) is 0 Å². The van der Waals surface area contributed by atoms with E-state index in [0.29, 0.717) is 18.4 Å². The summed E-state index contributed by atoms with van der Waals surface area (Å²) in [5.74, 6) is 0.445. The summed E-state index contributed by atoms with van der Waals surface area (Å²) in [6.07, 6.45) is -2.98. The summed E-state index contributed by atoms with van der Waals surface area (Å²) in [4.78, 5) is 1.60. The fourth-order valence-electron chi connectivity index (χ4n) is 2.26. The van der Waals surface area contributed by atoms with Crippen molar-refractivity contribution in [1.82, 2.24) is 4.90 Å². The van der Waals surface area contributed by atoms with E-state index >= 15 is 0 Å². The Bertz CT molecular complexity index is 218. The van der Waals surface area contributed by atoms with Crippen LogP contribution in [-0.2, 0) is 0 Å². The van der Waals surface area contributed by atoms with Gasteiger partial charge in [-0.25, -0.2) is 0 Å². The normalized spacial score (nSPS) is 28.7. The molecule has 16 heavy (non-hydrogen) atoms. The number of likely N-dealkylation sites (tertiary alicyclic amines) is 1. The van der Waals surface area contributed by atoms with Crippen LogP contribution in [-0.4, -0.2) is 35.5 Å². The molecule has 0 aromatic heterocycles. The maximum Gasteiger partial charge on any atom is 0.404 e. The number of alkyl halides is 4. The monoisotopic (exact) mass is 301 g/mol. The molecule has 0 spiro atoms. The number of halogens is 4. The maximum absolute atomic E-state index is 12.9. The molecular formula is C11H19BrF3N. The molecule has 0 amide bonds. The second-order valence-corrected chi connectivity index (χ2v) is 5.64. The van der Waals surface area contributed by atoms with Crippen LogP contribution in [0, 0.1) is 11.8 Å². The Morgan fingerprint density at radius 2 is 2.00 bits per heavy atom. The maximum atomic E-state index is 12.9. The van der Waals surface area contributed by atoms with E-state index in [1.807, 2.05) is 13.8 Å². The molecule has 1 fully saturated rings. The van der Waals surface area contributed by atoms with Gasteiger partial charge in [-0.1, -0.05) is 29.8 Å². The first-order valence-corrected chi connectivity index (χ1v) is 6.83. The Hall–Kier alpha value is 0.230. The third kappa shape index (κ3) is 3.91. The van der Waals surface area contributed by atoms with Gasteiger partial charge in [-0.2, -0.15) is 13.2 Å². The predicted molar refractivity (Wildman–Crippen MR) is 62.8 cm³/mol. The Balaban J connectivity index is 2.68. The van der Waals surface area contributed by atoms with Crippen molar-refractivity contribution in [3.05, 3.63) is 0 Å². The highest BCUT2D eigenvalue weighted by Gasteiger charge is 2.46. The molecule has 1 rings (SSSR count). The number of hydrogen-bond donors (Lipinski definition) is 0. The molecule has 0 radical (unpaired) electrons. The van der Waals surface area contributed by atoms with Crippen LogP contribution in [0.4, 0.5) is 13.2 Å². The Labute approximate surface area is 104 Å². The largest absolute Gasteiger partial charge is 0.404 e. The minimum absolute atomic E-state index is 0.162. The molecule has 1 saturated heterocycles. The van der Waals surface area contributed by atoms with Crippen LogP contribution in [0.5, 0.6) is 0 Å². The SMILES string of the molecule is CC(C)CN1CCC(CBr)CC1C(F)(F)F. The smallest absolute Gasteiger partial charge is 0.292 e. The molecule has 1 aliphatic heterocycles. The first kappa shape index (κ1) is 14.3. The average molecular weight is 302 g/mol. The minimum atomic E-state index is -4.09. The highest BCUT2D eigenvalue weighted by molar-refractivity contribution is 9.09. The Morgan fingerprint density at radius 1 is 1.38 bits per heavy atom. The van der Waals surface area contributed by atoms with Gasteiger partial charge in [-0.05, 0) is 31.2 Å². The molecule has 0 bridgehead atoms. The topological polar surface area (TPSA) is 3.24 Å². The minimum Gasteiger partial charge on any atom is -0.292 e. The molecule has 0 aromatic rings. The predicted octanol–water partition coefficient (Wildman–Crippen LogP) is 3.68. The summed E-state index contributed by atoms with van der Waals surface area (Å²) in [5, 5.41) is 0.676. The lowest BCUT2D eigenvalue weighted by molar-refractivity contribution is -0.196. The Kier molecular flexibility index (Phi) is 5.10. The molecule has 1 nitrogen and oxygen atoms in total. The zero-order valence-electron chi connectivity index (χ0n) is 9.73. The number of nitrogens with zero attached hydrogens (tertiary/aromatic N) is 1. The van der Waals surface area contributed by atoms with Gasteiger partial charge < -0.3 is 0 Å². The summed E-state index contributed by atoms with van der Waals surface area (Å²) in [7, 11) is 0. The third-order valence-corrected chi connectivity index (χ3v) is 3.93. The van der Waals surface area contributed by atoms with Crippen LogP contribution in [0.3, 0.4) is 0 Å². The number of rotatable bonds is 3. The van der Waals surface area contributed by atoms with E-state index in [1.165, 1.54) is 0 Å². The third-order valence-electron chi connectivity index (χ3n) is 3.02. The highest BCUT2D eigenvalue weighted by Crippen LogP contribution is 2.35. The van der Waals surface area contributed by atoms with Crippen molar-refractivity contribution in [2.75, 3.05) is 18.4 Å². The van der Waals surface area contributed by atoms with Crippen molar-refractivity contribution in [2.45, 2.75) is 38.9 Å². The molecule has 0 saturated carbocycles. The first-order chi connectivity index (χ1) is 7.34. The van der Waals surface area contributed by atoms with Gasteiger partial charge in [0.1, 0.15) is 6.04 Å². The van der Waals surface area contributed by atoms with Crippen LogP contribution < -0.4 is 0 Å². The van der Waals surface area contributed by atoms with Crippen molar-refractivity contribution >= 4 is 15.9 Å². The fourth-order valence-corrected chi connectivity index (χ4v) is 2.84. The average Bonchev–Trinajstić information content (AvgIpc) is 2.15. The standard InChI is InChI=1S/C11H19BrF3N/c1-8(2)7-16-4-3-9(6-12)5-10(16)11(13,14)15/h8-10H,3-7H2,1-2H3. The van der Waals surface area contributed by atoms with Gasteiger partial charge in [0.25, 0.3) is 0 Å². The van der Waals surface area contributed by atoms with E-state index < -0.39 is 12.2 Å². The quantitative estimate of drug-likeness (QED) is 0.719. The molecule has 0 aromatic carbocycles. The van der Waals surface area contributed by atoms with Crippen molar-refractivity contribution in [2.24, 2.45) is 11.8 Å². The lowest BCUT2D eigenvalue weighted by Crippen LogP contribution is -2.52. The summed E-state index contributed by atoms with van der Waals surface area (Å²) >= 11 is 3.29. The molecule has 5 heteroatoms. The van der Waals surface area contributed by atoms with Gasteiger partial charge >= 0.3 is 6.18 Å². The van der Waals surface area contributed by atoms with Gasteiger partial charge in [0.15, 0.2) is 0 Å². The highest BCUT2D eigenvalue weighted by atomic mass is 79.9. The number of hydrogen-bond acceptors (Lipinski definition) is 1. The van der Waals surface area contributed by atoms with Gasteiger partial charge in [0.05, 0.1) is 0 Å². The lowest BCUT2D eigenvalue weighted by Gasteiger charge is -2.40. The molecule has 2 unspecified atom stereocenters. The summed E-state index contributed by atoms with van der Waals surface area (Å²) < 4.78 is 38.7. The van der Waals surface area contributed by atoms with E-state index in [0.717, 1.165) is 6.42 Å². The molecule has 2 atom stereocenters. The van der Waals surface area contributed by atoms with Gasteiger partial charge in [-0.3, -0.25) is 4.90 Å². The first-order valence-electron chi connectivity index (χ1n) is 5.71. The summed E-state index contributed by atoms with van der Waals surface area (Å²) in [6, 6.07) is -1.24. The molecule has 1 heterocycles. The van der Waals surface area contributed by atoms with Gasteiger partial charge in [-0.15, -0.1) is 0 Å². The van der Waals surface area contributed by atoms with Crippen LogP contribution in [0.1, 0.15) is 26.7 Å². The van der Waals surface area contributed by atoms with Crippen LogP contribution in [0.2, 0.25) is 0 Å². The second-order valence-electron chi connectivity index (χ2n) is 4.99. The number of piperidine rings is 1. The van der Waals surface area contributed by atoms with E-state index in [9.17, 15) is 13.2 Å². The molecule has 96 valence electrons. The lowest BCUT2D eigenvalue weighted by atomic mass is 9.91. The van der Waals surface area contributed by atoms with E-state index in [4.69, 9.17) is 0 Å². The zero-order chi connectivity index (χ0) is 12.3. The van der Waals surface area contributed by atoms with E-state index in [1.54, 1.807) is 4.90 Å². The van der Waals surface area contributed by atoms with Crippen LogP contribution >= 0.6 is 15.9 Å². The van der Waals surface area contributed by atoms with Crippen molar-refractivity contribution < 1.29 is 13.2 Å². The molecule has 0 aliphatic carbocycles. The van der Waals surface area contributed by atoms with Crippen molar-refractivity contribution in [3.63, 3.8) is 0 Å².